The summed E-state index contributed by atoms with van der Waals surface area (Å²) in [5.41, 5.74) is 3.17. The smallest absolute Gasteiger partial charge is 0.342 e. The number of fused-ring (bicyclic) bond motifs is 1. The zero-order chi connectivity index (χ0) is 41.3. The highest BCUT2D eigenvalue weighted by Crippen LogP contribution is 2.42. The van der Waals surface area contributed by atoms with Crippen molar-refractivity contribution in [2.75, 3.05) is 26.9 Å². The van der Waals surface area contributed by atoms with Gasteiger partial charge in [0.25, 0.3) is 0 Å². The molecule has 1 aliphatic rings. The van der Waals surface area contributed by atoms with Gasteiger partial charge in [-0.15, -0.1) is 0 Å². The van der Waals surface area contributed by atoms with Gasteiger partial charge in [-0.1, -0.05) is 96.6 Å². The molecule has 0 aliphatic carbocycles. The molecule has 0 saturated heterocycles. The molecule has 12 heteroatoms. The summed E-state index contributed by atoms with van der Waals surface area (Å²) in [4.78, 5) is 60.6. The molecular weight excluding hydrogens is 720 g/mol. The summed E-state index contributed by atoms with van der Waals surface area (Å²) >= 11 is 0. The van der Waals surface area contributed by atoms with Crippen LogP contribution in [-0.2, 0) is 55.9 Å². The largest absolute Gasteiger partial charge is 0.507 e. The Morgan fingerprint density at radius 1 is 0.786 bits per heavy atom. The molecule has 56 heavy (non-hydrogen) atoms. The molecule has 1 aliphatic heterocycles. The van der Waals surface area contributed by atoms with Gasteiger partial charge in [0, 0.05) is 36.8 Å². The summed E-state index contributed by atoms with van der Waals surface area (Å²) in [7, 11) is 1.54. The standard InChI is InChI=1S/C44H68O12/c1-7-19-37(45)53-28-34(29-54-38(46)20-8-2)56-40(48)27-32(4)21-17-15-13-11-9-10-12-14-16-18-26-52-39(47)25-23-31(3)22-24-35-42(49)41-36(30-55-44(41)50)33(5)43(35)51-6/h22,32,34,49H,7-21,23-30H2,1-6H3/b31-22+. The molecule has 0 saturated carbocycles. The van der Waals surface area contributed by atoms with Crippen molar-refractivity contribution < 1.29 is 57.5 Å². The monoisotopic (exact) mass is 788 g/mol. The first-order chi connectivity index (χ1) is 26.9. The molecule has 1 aromatic carbocycles. The molecule has 0 spiro atoms. The number of ether oxygens (including phenoxy) is 6. The Morgan fingerprint density at radius 3 is 1.91 bits per heavy atom. The van der Waals surface area contributed by atoms with Crippen LogP contribution in [-0.4, -0.2) is 68.0 Å². The average molecular weight is 789 g/mol. The minimum atomic E-state index is -0.809. The van der Waals surface area contributed by atoms with Gasteiger partial charge in [-0.3, -0.25) is 19.2 Å². The zero-order valence-corrected chi connectivity index (χ0v) is 34.9. The summed E-state index contributed by atoms with van der Waals surface area (Å²) in [5, 5.41) is 10.8. The highest BCUT2D eigenvalue weighted by Gasteiger charge is 2.32. The van der Waals surface area contributed by atoms with Crippen molar-refractivity contribution in [2.24, 2.45) is 5.92 Å². The fourth-order valence-electron chi connectivity index (χ4n) is 6.63. The van der Waals surface area contributed by atoms with E-state index in [1.165, 1.54) is 32.8 Å². The van der Waals surface area contributed by atoms with Gasteiger partial charge >= 0.3 is 29.8 Å². The van der Waals surface area contributed by atoms with Crippen molar-refractivity contribution in [1.29, 1.82) is 0 Å². The number of allylic oxidation sites excluding steroid dienone is 2. The second kappa shape index (κ2) is 27.5. The number of phenols is 1. The van der Waals surface area contributed by atoms with Crippen LogP contribution in [0, 0.1) is 12.8 Å². The maximum atomic E-state index is 12.6. The van der Waals surface area contributed by atoms with Crippen molar-refractivity contribution in [3.8, 4) is 11.5 Å². The fraction of sp³-hybridized carbons (Fsp3) is 0.705. The Labute approximate surface area is 334 Å². The summed E-state index contributed by atoms with van der Waals surface area (Å²) in [6, 6.07) is 0. The molecule has 1 atom stereocenters. The van der Waals surface area contributed by atoms with Crippen molar-refractivity contribution in [2.45, 2.75) is 169 Å². The number of esters is 5. The van der Waals surface area contributed by atoms with E-state index in [9.17, 15) is 29.1 Å². The second-order valence-corrected chi connectivity index (χ2v) is 15.0. The number of rotatable bonds is 30. The van der Waals surface area contributed by atoms with Crippen molar-refractivity contribution >= 4 is 29.8 Å². The number of cyclic esters (lactones) is 1. The van der Waals surface area contributed by atoms with Crippen LogP contribution < -0.4 is 4.74 Å². The molecule has 2 rings (SSSR count). The lowest BCUT2D eigenvalue weighted by atomic mass is 9.94. The molecule has 1 aromatic rings. The number of benzene rings is 1. The van der Waals surface area contributed by atoms with Crippen molar-refractivity contribution in [3.05, 3.63) is 33.9 Å². The molecular formula is C44H68O12. The van der Waals surface area contributed by atoms with E-state index in [0.29, 0.717) is 49.2 Å². The van der Waals surface area contributed by atoms with E-state index in [1.54, 1.807) is 0 Å². The van der Waals surface area contributed by atoms with Crippen molar-refractivity contribution in [3.63, 3.8) is 0 Å². The number of aromatic hydroxyl groups is 1. The van der Waals surface area contributed by atoms with E-state index in [0.717, 1.165) is 56.1 Å². The van der Waals surface area contributed by atoms with Gasteiger partial charge in [0.15, 0.2) is 6.10 Å². The molecule has 1 unspecified atom stereocenters. The first-order valence-corrected chi connectivity index (χ1v) is 20.8. The van der Waals surface area contributed by atoms with Gasteiger partial charge in [0.2, 0.25) is 0 Å². The van der Waals surface area contributed by atoms with Crippen LogP contribution in [0.5, 0.6) is 11.5 Å². The molecule has 0 bridgehead atoms. The van der Waals surface area contributed by atoms with Gasteiger partial charge in [-0.05, 0) is 57.4 Å². The van der Waals surface area contributed by atoms with Gasteiger partial charge in [-0.25, -0.2) is 4.79 Å². The molecule has 12 nitrogen and oxygen atoms in total. The lowest BCUT2D eigenvalue weighted by molar-refractivity contribution is -0.167. The Bertz CT molecular complexity index is 1410. The summed E-state index contributed by atoms with van der Waals surface area (Å²) < 4.78 is 32.0. The highest BCUT2D eigenvalue weighted by molar-refractivity contribution is 5.98. The third-order valence-electron chi connectivity index (χ3n) is 9.96. The van der Waals surface area contributed by atoms with E-state index >= 15 is 0 Å². The summed E-state index contributed by atoms with van der Waals surface area (Å²) in [5.74, 6) is -1.26. The van der Waals surface area contributed by atoms with Crippen LogP contribution in [0.15, 0.2) is 11.6 Å². The lowest BCUT2D eigenvalue weighted by Crippen LogP contribution is -2.31. The molecule has 0 radical (unpaired) electrons. The quantitative estimate of drug-likeness (QED) is 0.0341. The number of phenolic OH excluding ortho intramolecular Hbond substituents is 1. The Balaban J connectivity index is 1.50. The van der Waals surface area contributed by atoms with Gasteiger partial charge in [0.1, 0.15) is 36.9 Å². The fourth-order valence-corrected chi connectivity index (χ4v) is 6.63. The molecule has 0 amide bonds. The second-order valence-electron chi connectivity index (χ2n) is 15.0. The Hall–Kier alpha value is -4.09. The van der Waals surface area contributed by atoms with Crippen LogP contribution in [0.25, 0.3) is 0 Å². The minimum Gasteiger partial charge on any atom is -0.507 e. The predicted octanol–water partition coefficient (Wildman–Crippen LogP) is 9.11. The molecule has 0 aromatic heterocycles. The maximum Gasteiger partial charge on any atom is 0.342 e. The van der Waals surface area contributed by atoms with E-state index < -0.39 is 12.1 Å². The van der Waals surface area contributed by atoms with Crippen LogP contribution in [0.3, 0.4) is 0 Å². The van der Waals surface area contributed by atoms with E-state index in [1.807, 2.05) is 40.7 Å². The van der Waals surface area contributed by atoms with Gasteiger partial charge < -0.3 is 33.5 Å². The number of hydrogen-bond acceptors (Lipinski definition) is 12. The molecule has 0 fully saturated rings. The topological polar surface area (TPSA) is 161 Å². The molecule has 1 heterocycles. The average Bonchev–Trinajstić information content (AvgIpc) is 3.56. The number of carbonyl (C=O) groups excluding carboxylic acids is 5. The van der Waals surface area contributed by atoms with Crippen LogP contribution in [0.1, 0.15) is 170 Å². The van der Waals surface area contributed by atoms with Crippen LogP contribution in [0.2, 0.25) is 0 Å². The summed E-state index contributed by atoms with van der Waals surface area (Å²) in [6.07, 6.45) is 16.5. The number of methoxy groups -OCH3 is 1. The third-order valence-corrected chi connectivity index (χ3v) is 9.96. The van der Waals surface area contributed by atoms with Crippen LogP contribution in [0.4, 0.5) is 0 Å². The normalized spacial score (nSPS) is 12.9. The first kappa shape index (κ1) is 48.1. The van der Waals surface area contributed by atoms with E-state index in [4.69, 9.17) is 28.4 Å². The van der Waals surface area contributed by atoms with Gasteiger partial charge in [-0.2, -0.15) is 0 Å². The Kier molecular flexibility index (Phi) is 23.6. The maximum absolute atomic E-state index is 12.6. The number of carbonyl (C=O) groups is 5. The third kappa shape index (κ3) is 18.2. The number of unbranched alkanes of at least 4 members (excludes halogenated alkanes) is 9. The molecule has 316 valence electrons. The molecule has 1 N–H and O–H groups in total. The number of hydrogen-bond donors (Lipinski definition) is 1. The highest BCUT2D eigenvalue weighted by atomic mass is 16.6. The van der Waals surface area contributed by atoms with Crippen molar-refractivity contribution in [1.82, 2.24) is 0 Å². The zero-order valence-electron chi connectivity index (χ0n) is 34.9. The first-order valence-electron chi connectivity index (χ1n) is 20.8. The Morgan fingerprint density at radius 2 is 1.34 bits per heavy atom. The van der Waals surface area contributed by atoms with E-state index in [-0.39, 0.29) is 86.6 Å². The van der Waals surface area contributed by atoms with E-state index in [2.05, 4.69) is 0 Å². The van der Waals surface area contributed by atoms with Gasteiger partial charge in [0.05, 0.1) is 13.7 Å². The summed E-state index contributed by atoms with van der Waals surface area (Å²) in [6.45, 7) is 9.87. The van der Waals surface area contributed by atoms with Crippen LogP contribution >= 0.6 is 0 Å². The predicted molar refractivity (Wildman–Crippen MR) is 212 cm³/mol. The lowest BCUT2D eigenvalue weighted by Gasteiger charge is -2.19. The minimum absolute atomic E-state index is 0.104. The SMILES string of the molecule is CCCC(=O)OCC(COC(=O)CCC)OC(=O)CC(C)CCCCCCCCCCCCOC(=O)CC/C(C)=C/Cc1c(O)c2c(c(C)c1OC)COC2=O.